The van der Waals surface area contributed by atoms with Gasteiger partial charge in [0.25, 0.3) is 6.08 Å². The van der Waals surface area contributed by atoms with Gasteiger partial charge in [0.15, 0.2) is 0 Å². The van der Waals surface area contributed by atoms with Gasteiger partial charge in [0.05, 0.1) is 12.7 Å². The van der Waals surface area contributed by atoms with Gasteiger partial charge >= 0.3 is 0 Å². The molecule has 0 amide bonds. The van der Waals surface area contributed by atoms with E-state index in [4.69, 9.17) is 4.74 Å². The van der Waals surface area contributed by atoms with Crippen molar-refractivity contribution < 1.29 is 13.5 Å². The van der Waals surface area contributed by atoms with Gasteiger partial charge in [-0.2, -0.15) is 8.78 Å². The largest absolute Gasteiger partial charge is 0.374 e. The molecule has 1 heterocycles. The average molecular weight is 463 g/mol. The number of ether oxygens (including phenoxy) is 1. The van der Waals surface area contributed by atoms with Crippen LogP contribution in [0.3, 0.4) is 0 Å². The Balaban J connectivity index is 1.09. The first-order valence-corrected chi connectivity index (χ1v) is 14.4. The summed E-state index contributed by atoms with van der Waals surface area (Å²) < 4.78 is 30.7. The molecule has 1 aliphatic heterocycles. The standard InChI is InChI=1S/C30H48F2O/c1-2-3-22-4-6-23(7-5-22)8-9-24-10-12-25(13-11-24)26-14-16-27(17-15-26)28-18-19-29(33-21-28)20-30(31)32/h2-3,20,22-29H,4-19,21H2,1H3/b3-2+. The minimum atomic E-state index is -1.60. The Kier molecular flexibility index (Phi) is 9.88. The zero-order chi connectivity index (χ0) is 23.0. The van der Waals surface area contributed by atoms with E-state index >= 15 is 0 Å². The zero-order valence-electron chi connectivity index (χ0n) is 21.0. The van der Waals surface area contributed by atoms with E-state index in [0.29, 0.717) is 12.5 Å². The maximum atomic E-state index is 12.5. The molecule has 1 saturated heterocycles. The minimum Gasteiger partial charge on any atom is -0.374 e. The van der Waals surface area contributed by atoms with E-state index in [9.17, 15) is 8.78 Å². The summed E-state index contributed by atoms with van der Waals surface area (Å²) in [5, 5.41) is 0. The number of halogens is 2. The highest BCUT2D eigenvalue weighted by Gasteiger charge is 2.35. The Morgan fingerprint density at radius 3 is 1.64 bits per heavy atom. The highest BCUT2D eigenvalue weighted by molar-refractivity contribution is 4.93. The molecule has 1 nitrogen and oxygen atoms in total. The summed E-state index contributed by atoms with van der Waals surface area (Å²) in [5.41, 5.74) is 0. The van der Waals surface area contributed by atoms with Crippen LogP contribution in [0.25, 0.3) is 0 Å². The minimum absolute atomic E-state index is 0.356. The van der Waals surface area contributed by atoms with Crippen molar-refractivity contribution in [3.63, 3.8) is 0 Å². The highest BCUT2D eigenvalue weighted by Crippen LogP contribution is 2.45. The van der Waals surface area contributed by atoms with Crippen molar-refractivity contribution in [2.45, 2.75) is 116 Å². The molecule has 3 aliphatic carbocycles. The maximum Gasteiger partial charge on any atom is 0.268 e. The van der Waals surface area contributed by atoms with Gasteiger partial charge in [-0.05, 0) is 125 Å². The van der Waals surface area contributed by atoms with E-state index in [2.05, 4.69) is 19.1 Å². The van der Waals surface area contributed by atoms with E-state index in [1.165, 1.54) is 89.9 Å². The summed E-state index contributed by atoms with van der Waals surface area (Å²) in [5.74, 6) is 6.16. The van der Waals surface area contributed by atoms with Gasteiger partial charge in [-0.1, -0.05) is 37.8 Å². The average Bonchev–Trinajstić information content (AvgIpc) is 2.84. The molecular weight excluding hydrogens is 414 g/mol. The van der Waals surface area contributed by atoms with Gasteiger partial charge < -0.3 is 4.74 Å². The topological polar surface area (TPSA) is 9.23 Å². The molecule has 0 bridgehead atoms. The Hall–Kier alpha value is -0.700. The molecule has 33 heavy (non-hydrogen) atoms. The first kappa shape index (κ1) is 25.4. The summed E-state index contributed by atoms with van der Waals surface area (Å²) in [4.78, 5) is 0. The zero-order valence-corrected chi connectivity index (χ0v) is 21.0. The molecular formula is C30H48F2O. The Morgan fingerprint density at radius 1 is 0.667 bits per heavy atom. The normalized spacial score (nSPS) is 40.6. The predicted molar refractivity (Wildman–Crippen MR) is 133 cm³/mol. The Labute approximate surface area is 201 Å². The number of hydrogen-bond acceptors (Lipinski definition) is 1. The monoisotopic (exact) mass is 462 g/mol. The lowest BCUT2D eigenvalue weighted by Gasteiger charge is -2.41. The summed E-state index contributed by atoms with van der Waals surface area (Å²) in [6, 6.07) is 0. The van der Waals surface area contributed by atoms with Crippen LogP contribution in [0.1, 0.15) is 110 Å². The summed E-state index contributed by atoms with van der Waals surface area (Å²) in [6.45, 7) is 2.85. The van der Waals surface area contributed by atoms with Gasteiger partial charge in [-0.25, -0.2) is 0 Å². The molecule has 2 atom stereocenters. The van der Waals surface area contributed by atoms with Crippen LogP contribution < -0.4 is 0 Å². The first-order chi connectivity index (χ1) is 16.1. The molecule has 0 aromatic rings. The Bertz CT molecular complexity index is 607. The molecule has 0 aromatic carbocycles. The second-order valence-electron chi connectivity index (χ2n) is 12.0. The third kappa shape index (κ3) is 7.64. The predicted octanol–water partition coefficient (Wildman–Crippen LogP) is 9.34. The number of rotatable bonds is 7. The summed E-state index contributed by atoms with van der Waals surface area (Å²) >= 11 is 0. The molecule has 2 unspecified atom stereocenters. The van der Waals surface area contributed by atoms with Gasteiger partial charge in [0, 0.05) is 6.08 Å². The van der Waals surface area contributed by atoms with Crippen LogP contribution in [0, 0.1) is 41.4 Å². The van der Waals surface area contributed by atoms with E-state index in [0.717, 1.165) is 54.4 Å². The maximum absolute atomic E-state index is 12.5. The van der Waals surface area contributed by atoms with Crippen LogP contribution in [-0.2, 0) is 4.74 Å². The summed E-state index contributed by atoms with van der Waals surface area (Å²) in [7, 11) is 0. The van der Waals surface area contributed by atoms with Crippen LogP contribution in [0.5, 0.6) is 0 Å². The lowest BCUT2D eigenvalue weighted by atomic mass is 9.66. The fraction of sp³-hybridized carbons (Fsp3) is 0.867. The first-order valence-electron chi connectivity index (χ1n) is 14.4. The summed E-state index contributed by atoms with van der Waals surface area (Å²) in [6.07, 6.45) is 25.7. The van der Waals surface area contributed by atoms with Crippen molar-refractivity contribution in [1.29, 1.82) is 0 Å². The molecule has 0 spiro atoms. The SMILES string of the molecule is C/C=C/C1CCC(CCC2CCC(C3CCC(C4CCC(C=C(F)F)OC4)CC3)CC2)CC1. The van der Waals surface area contributed by atoms with Crippen molar-refractivity contribution >= 4 is 0 Å². The fourth-order valence-electron chi connectivity index (χ4n) is 7.88. The lowest BCUT2D eigenvalue weighted by molar-refractivity contribution is -0.0206. The second kappa shape index (κ2) is 12.8. The Morgan fingerprint density at radius 2 is 1.15 bits per heavy atom. The van der Waals surface area contributed by atoms with Crippen molar-refractivity contribution in [1.82, 2.24) is 0 Å². The van der Waals surface area contributed by atoms with Crippen molar-refractivity contribution in [2.24, 2.45) is 41.4 Å². The van der Waals surface area contributed by atoms with Crippen LogP contribution in [0.15, 0.2) is 24.3 Å². The smallest absolute Gasteiger partial charge is 0.268 e. The molecule has 4 aliphatic rings. The number of hydrogen-bond donors (Lipinski definition) is 0. The van der Waals surface area contributed by atoms with E-state index in [-0.39, 0.29) is 6.10 Å². The van der Waals surface area contributed by atoms with Crippen LogP contribution in [0.2, 0.25) is 0 Å². The van der Waals surface area contributed by atoms with Crippen LogP contribution >= 0.6 is 0 Å². The third-order valence-electron chi connectivity index (χ3n) is 10.0. The highest BCUT2D eigenvalue weighted by atomic mass is 19.3. The quantitative estimate of drug-likeness (QED) is 0.342. The number of allylic oxidation sites excluding steroid dienone is 2. The van der Waals surface area contributed by atoms with Gasteiger partial charge in [0.2, 0.25) is 0 Å². The van der Waals surface area contributed by atoms with Crippen molar-refractivity contribution in [3.8, 4) is 0 Å². The van der Waals surface area contributed by atoms with Gasteiger partial charge in [-0.15, -0.1) is 0 Å². The van der Waals surface area contributed by atoms with Gasteiger partial charge in [0.1, 0.15) is 0 Å². The molecule has 4 rings (SSSR count). The molecule has 0 aromatic heterocycles. The fourth-order valence-corrected chi connectivity index (χ4v) is 7.88. The van der Waals surface area contributed by atoms with E-state index in [1.54, 1.807) is 0 Å². The molecule has 188 valence electrons. The molecule has 0 radical (unpaired) electrons. The van der Waals surface area contributed by atoms with E-state index < -0.39 is 6.08 Å². The third-order valence-corrected chi connectivity index (χ3v) is 10.0. The molecule has 3 heteroatoms. The molecule has 0 N–H and O–H groups in total. The van der Waals surface area contributed by atoms with Crippen molar-refractivity contribution in [3.05, 3.63) is 24.3 Å². The van der Waals surface area contributed by atoms with Crippen LogP contribution in [0.4, 0.5) is 8.78 Å². The van der Waals surface area contributed by atoms with Crippen LogP contribution in [-0.4, -0.2) is 12.7 Å². The van der Waals surface area contributed by atoms with E-state index in [1.807, 2.05) is 0 Å². The van der Waals surface area contributed by atoms with Crippen molar-refractivity contribution in [2.75, 3.05) is 6.61 Å². The second-order valence-corrected chi connectivity index (χ2v) is 12.0. The molecule has 4 fully saturated rings. The van der Waals surface area contributed by atoms with Gasteiger partial charge in [-0.3, -0.25) is 0 Å². The molecule has 3 saturated carbocycles. The lowest BCUT2D eigenvalue weighted by Crippen LogP contribution is -2.33.